The molecule has 7 heteroatoms. The SMILES string of the molecule is I.NC(=NCc1ccc(N2CCCC2)nc1)NC1CCOc2ccccc21. The molecule has 1 fully saturated rings. The number of halogens is 1. The van der Waals surface area contributed by atoms with Gasteiger partial charge in [-0.1, -0.05) is 24.3 Å². The average Bonchev–Trinajstić information content (AvgIpc) is 3.22. The zero-order chi connectivity index (χ0) is 17.8. The maximum Gasteiger partial charge on any atom is 0.189 e. The highest BCUT2D eigenvalue weighted by atomic mass is 127. The molecular formula is C20H26IN5O. The molecule has 6 nitrogen and oxygen atoms in total. The molecule has 3 N–H and O–H groups in total. The van der Waals surface area contributed by atoms with Crippen molar-refractivity contribution in [3.63, 3.8) is 0 Å². The van der Waals surface area contributed by atoms with Gasteiger partial charge in [-0.25, -0.2) is 9.98 Å². The third-order valence-corrected chi connectivity index (χ3v) is 4.95. The first kappa shape index (κ1) is 19.7. The van der Waals surface area contributed by atoms with Gasteiger partial charge in [-0.05, 0) is 30.5 Å². The van der Waals surface area contributed by atoms with Crippen LogP contribution in [-0.2, 0) is 6.54 Å². The number of guanidine groups is 1. The Morgan fingerprint density at radius 2 is 2.04 bits per heavy atom. The van der Waals surface area contributed by atoms with Crippen LogP contribution in [0.5, 0.6) is 5.75 Å². The van der Waals surface area contributed by atoms with Crippen LogP contribution < -0.4 is 20.7 Å². The Bertz CT molecular complexity index is 774. The van der Waals surface area contributed by atoms with Crippen molar-refractivity contribution >= 4 is 35.8 Å². The smallest absolute Gasteiger partial charge is 0.189 e. The van der Waals surface area contributed by atoms with Crippen LogP contribution in [0.15, 0.2) is 47.6 Å². The second kappa shape index (κ2) is 9.25. The summed E-state index contributed by atoms with van der Waals surface area (Å²) in [5.74, 6) is 2.43. The minimum absolute atomic E-state index is 0. The highest BCUT2D eigenvalue weighted by Crippen LogP contribution is 2.31. The lowest BCUT2D eigenvalue weighted by atomic mass is 10.0. The van der Waals surface area contributed by atoms with Gasteiger partial charge < -0.3 is 20.7 Å². The standard InChI is InChI=1S/C20H25N5O.HI/c21-20(24-17-9-12-26-18-6-2-1-5-16(17)18)23-14-15-7-8-19(22-13-15)25-10-3-4-11-25;/h1-2,5-8,13,17H,3-4,9-12,14H2,(H3,21,23,24);1H. The first-order valence-electron chi connectivity index (χ1n) is 9.28. The Hall–Kier alpha value is -2.03. The van der Waals surface area contributed by atoms with E-state index in [1.165, 1.54) is 12.8 Å². The molecule has 0 saturated carbocycles. The molecule has 1 unspecified atom stereocenters. The highest BCUT2D eigenvalue weighted by Gasteiger charge is 2.21. The van der Waals surface area contributed by atoms with Gasteiger partial charge in [0, 0.05) is 31.3 Å². The van der Waals surface area contributed by atoms with E-state index in [0.717, 1.165) is 42.2 Å². The molecule has 0 aliphatic carbocycles. The molecule has 3 heterocycles. The lowest BCUT2D eigenvalue weighted by molar-refractivity contribution is 0.262. The molecule has 0 amide bonds. The lowest BCUT2D eigenvalue weighted by Crippen LogP contribution is -2.37. The number of ether oxygens (including phenoxy) is 1. The lowest BCUT2D eigenvalue weighted by Gasteiger charge is -2.26. The summed E-state index contributed by atoms with van der Waals surface area (Å²) in [5, 5.41) is 3.32. The number of fused-ring (bicyclic) bond motifs is 1. The minimum atomic E-state index is 0. The van der Waals surface area contributed by atoms with Crippen molar-refractivity contribution in [1.82, 2.24) is 10.3 Å². The van der Waals surface area contributed by atoms with Gasteiger partial charge in [-0.2, -0.15) is 0 Å². The van der Waals surface area contributed by atoms with Crippen LogP contribution in [0.2, 0.25) is 0 Å². The van der Waals surface area contributed by atoms with Crippen molar-refractivity contribution in [3.8, 4) is 5.75 Å². The number of aliphatic imine (C=N–C) groups is 1. The molecule has 144 valence electrons. The summed E-state index contributed by atoms with van der Waals surface area (Å²) in [6.07, 6.45) is 5.28. The van der Waals surface area contributed by atoms with E-state index in [1.807, 2.05) is 24.4 Å². The predicted octanol–water partition coefficient (Wildman–Crippen LogP) is 3.23. The van der Waals surface area contributed by atoms with E-state index >= 15 is 0 Å². The third kappa shape index (κ3) is 4.82. The number of pyridine rings is 1. The number of nitrogens with zero attached hydrogens (tertiary/aromatic N) is 3. The van der Waals surface area contributed by atoms with Crippen molar-refractivity contribution in [2.75, 3.05) is 24.6 Å². The van der Waals surface area contributed by atoms with E-state index in [2.05, 4.69) is 38.4 Å². The fraction of sp³-hybridized carbons (Fsp3) is 0.400. The third-order valence-electron chi connectivity index (χ3n) is 4.95. The molecule has 1 atom stereocenters. The number of aromatic nitrogens is 1. The summed E-state index contributed by atoms with van der Waals surface area (Å²) in [6.45, 7) is 3.42. The summed E-state index contributed by atoms with van der Waals surface area (Å²) in [6, 6.07) is 12.4. The molecule has 2 aliphatic rings. The first-order valence-corrected chi connectivity index (χ1v) is 9.28. The van der Waals surface area contributed by atoms with Crippen LogP contribution in [0.4, 0.5) is 5.82 Å². The van der Waals surface area contributed by atoms with Crippen LogP contribution in [0.25, 0.3) is 0 Å². The fourth-order valence-corrected chi connectivity index (χ4v) is 3.54. The van der Waals surface area contributed by atoms with Crippen molar-refractivity contribution in [1.29, 1.82) is 0 Å². The normalized spacial score (nSPS) is 19.0. The topological polar surface area (TPSA) is 75.8 Å². The number of rotatable bonds is 4. The van der Waals surface area contributed by atoms with Crippen LogP contribution >= 0.6 is 24.0 Å². The zero-order valence-electron chi connectivity index (χ0n) is 15.3. The Morgan fingerprint density at radius 1 is 1.22 bits per heavy atom. The Kier molecular flexibility index (Phi) is 6.76. The molecule has 0 radical (unpaired) electrons. The number of nitrogens with one attached hydrogen (secondary N) is 1. The summed E-state index contributed by atoms with van der Waals surface area (Å²) in [5.41, 5.74) is 8.30. The first-order chi connectivity index (χ1) is 12.8. The second-order valence-corrected chi connectivity index (χ2v) is 6.79. The monoisotopic (exact) mass is 479 g/mol. The quantitative estimate of drug-likeness (QED) is 0.400. The van der Waals surface area contributed by atoms with Gasteiger partial charge in [-0.3, -0.25) is 0 Å². The number of para-hydroxylation sites is 1. The zero-order valence-corrected chi connectivity index (χ0v) is 17.6. The van der Waals surface area contributed by atoms with E-state index in [-0.39, 0.29) is 30.0 Å². The van der Waals surface area contributed by atoms with E-state index in [9.17, 15) is 0 Å². The highest BCUT2D eigenvalue weighted by molar-refractivity contribution is 14.0. The molecular weight excluding hydrogens is 453 g/mol. The molecule has 0 spiro atoms. The molecule has 1 saturated heterocycles. The Labute approximate surface area is 177 Å². The summed E-state index contributed by atoms with van der Waals surface area (Å²) >= 11 is 0. The van der Waals surface area contributed by atoms with Gasteiger partial charge in [0.25, 0.3) is 0 Å². The van der Waals surface area contributed by atoms with E-state index < -0.39 is 0 Å². The molecule has 1 aromatic heterocycles. The summed E-state index contributed by atoms with van der Waals surface area (Å²) in [4.78, 5) is 11.4. The van der Waals surface area contributed by atoms with Crippen molar-refractivity contribution in [2.45, 2.75) is 31.8 Å². The predicted molar refractivity (Wildman–Crippen MR) is 119 cm³/mol. The fourth-order valence-electron chi connectivity index (χ4n) is 3.54. The Morgan fingerprint density at radius 3 is 2.81 bits per heavy atom. The molecule has 2 aliphatic heterocycles. The van der Waals surface area contributed by atoms with E-state index in [1.54, 1.807) is 0 Å². The van der Waals surface area contributed by atoms with Crippen LogP contribution in [0.3, 0.4) is 0 Å². The van der Waals surface area contributed by atoms with Gasteiger partial charge in [0.1, 0.15) is 11.6 Å². The summed E-state index contributed by atoms with van der Waals surface area (Å²) in [7, 11) is 0. The van der Waals surface area contributed by atoms with Crippen LogP contribution in [0.1, 0.15) is 36.4 Å². The van der Waals surface area contributed by atoms with Crippen molar-refractivity contribution in [3.05, 3.63) is 53.7 Å². The second-order valence-electron chi connectivity index (χ2n) is 6.79. The van der Waals surface area contributed by atoms with Gasteiger partial charge >= 0.3 is 0 Å². The maximum absolute atomic E-state index is 6.11. The number of hydrogen-bond acceptors (Lipinski definition) is 4. The average molecular weight is 479 g/mol. The minimum Gasteiger partial charge on any atom is -0.493 e. The van der Waals surface area contributed by atoms with Crippen LogP contribution in [0, 0.1) is 0 Å². The van der Waals surface area contributed by atoms with E-state index in [4.69, 9.17) is 10.5 Å². The Balaban J connectivity index is 0.00000210. The summed E-state index contributed by atoms with van der Waals surface area (Å²) < 4.78 is 5.68. The van der Waals surface area contributed by atoms with Crippen molar-refractivity contribution in [2.24, 2.45) is 10.7 Å². The molecule has 27 heavy (non-hydrogen) atoms. The van der Waals surface area contributed by atoms with Crippen molar-refractivity contribution < 1.29 is 4.74 Å². The van der Waals surface area contributed by atoms with Gasteiger partial charge in [0.15, 0.2) is 5.96 Å². The van der Waals surface area contributed by atoms with Gasteiger partial charge in [-0.15, -0.1) is 24.0 Å². The molecule has 1 aromatic carbocycles. The van der Waals surface area contributed by atoms with Gasteiger partial charge in [0.05, 0.1) is 19.2 Å². The molecule has 2 aromatic rings. The molecule has 4 rings (SSSR count). The maximum atomic E-state index is 6.11. The van der Waals surface area contributed by atoms with E-state index in [0.29, 0.717) is 19.1 Å². The number of benzene rings is 1. The number of nitrogens with two attached hydrogens (primary N) is 1. The largest absolute Gasteiger partial charge is 0.493 e. The van der Waals surface area contributed by atoms with Crippen LogP contribution in [-0.4, -0.2) is 30.6 Å². The van der Waals surface area contributed by atoms with Gasteiger partial charge in [0.2, 0.25) is 0 Å². The molecule has 0 bridgehead atoms. The number of hydrogen-bond donors (Lipinski definition) is 2. The number of anilines is 1.